The second-order valence-electron chi connectivity index (χ2n) is 6.12. The molecular formula is C19H9ClF3N3O2. The Morgan fingerprint density at radius 3 is 2.43 bits per heavy atom. The summed E-state index contributed by atoms with van der Waals surface area (Å²) in [5.41, 5.74) is -2.45. The molecule has 0 spiro atoms. The highest BCUT2D eigenvalue weighted by Crippen LogP contribution is 2.34. The molecule has 140 valence electrons. The quantitative estimate of drug-likeness (QED) is 0.524. The predicted octanol–water partition coefficient (Wildman–Crippen LogP) is 3.60. The molecule has 0 unspecified atom stereocenters. The van der Waals surface area contributed by atoms with Crippen molar-refractivity contribution < 1.29 is 18.0 Å². The first-order chi connectivity index (χ1) is 13.4. The number of pyridine rings is 1. The van der Waals surface area contributed by atoms with Gasteiger partial charge in [0.25, 0.3) is 5.56 Å². The first-order valence-electron chi connectivity index (χ1n) is 8.08. The van der Waals surface area contributed by atoms with Gasteiger partial charge in [0.1, 0.15) is 17.5 Å². The molecule has 0 atom stereocenters. The lowest BCUT2D eigenvalue weighted by atomic mass is 9.95. The van der Waals surface area contributed by atoms with E-state index in [1.54, 1.807) is 0 Å². The highest BCUT2D eigenvalue weighted by Gasteiger charge is 2.32. The van der Waals surface area contributed by atoms with E-state index < -0.39 is 45.1 Å². The minimum atomic E-state index is -1.75. The number of anilines is 1. The molecule has 9 heteroatoms. The van der Waals surface area contributed by atoms with Crippen LogP contribution in [-0.2, 0) is 6.54 Å². The van der Waals surface area contributed by atoms with Crippen LogP contribution < -0.4 is 10.9 Å². The van der Waals surface area contributed by atoms with Gasteiger partial charge in [-0.1, -0.05) is 11.6 Å². The number of hydrogen-bond acceptors (Lipinski definition) is 4. The number of carbonyl (C=O) groups excluding carboxylic acids is 1. The molecule has 0 saturated carbocycles. The lowest BCUT2D eigenvalue weighted by Crippen LogP contribution is -2.23. The number of nitrogens with one attached hydrogen (secondary N) is 1. The van der Waals surface area contributed by atoms with Crippen molar-refractivity contribution in [3.8, 4) is 6.07 Å². The van der Waals surface area contributed by atoms with E-state index >= 15 is 0 Å². The minimum absolute atomic E-state index is 0.0279. The normalized spacial score (nSPS) is 12.5. The van der Waals surface area contributed by atoms with E-state index in [0.717, 1.165) is 4.57 Å². The zero-order valence-electron chi connectivity index (χ0n) is 13.9. The number of aromatic nitrogens is 1. The summed E-state index contributed by atoms with van der Waals surface area (Å²) < 4.78 is 44.9. The first-order valence-corrected chi connectivity index (χ1v) is 8.45. The van der Waals surface area contributed by atoms with Gasteiger partial charge < -0.3 is 5.32 Å². The van der Waals surface area contributed by atoms with Crippen molar-refractivity contribution in [3.05, 3.63) is 73.8 Å². The second-order valence-corrected chi connectivity index (χ2v) is 6.56. The molecule has 5 nitrogen and oxygen atoms in total. The number of nitrogens with zero attached hydrogens (tertiary/aromatic N) is 2. The fourth-order valence-electron chi connectivity index (χ4n) is 3.33. The number of halogens is 4. The van der Waals surface area contributed by atoms with Crippen molar-refractivity contribution in [1.29, 1.82) is 5.26 Å². The van der Waals surface area contributed by atoms with Gasteiger partial charge in [-0.05, 0) is 24.3 Å². The average molecular weight is 404 g/mol. The van der Waals surface area contributed by atoms with Crippen LogP contribution in [-0.4, -0.2) is 16.9 Å². The Balaban J connectivity index is 2.19. The van der Waals surface area contributed by atoms with E-state index in [-0.39, 0.29) is 30.0 Å². The molecule has 1 N–H and O–H groups in total. The Kier molecular flexibility index (Phi) is 4.12. The maximum atomic E-state index is 14.8. The fourth-order valence-corrected chi connectivity index (χ4v) is 3.46. The summed E-state index contributed by atoms with van der Waals surface area (Å²) in [6.45, 7) is 0.342. The van der Waals surface area contributed by atoms with E-state index in [0.29, 0.717) is 5.02 Å². The number of benzene rings is 2. The van der Waals surface area contributed by atoms with Crippen LogP contribution in [0, 0.1) is 28.8 Å². The number of nitriles is 1. The first kappa shape index (κ1) is 18.1. The lowest BCUT2D eigenvalue weighted by Gasteiger charge is -2.15. The molecule has 0 saturated heterocycles. The van der Waals surface area contributed by atoms with Gasteiger partial charge in [-0.15, -0.1) is 0 Å². The van der Waals surface area contributed by atoms with Gasteiger partial charge in [0.2, 0.25) is 0 Å². The molecule has 0 radical (unpaired) electrons. The van der Waals surface area contributed by atoms with E-state index in [4.69, 9.17) is 16.9 Å². The molecule has 0 amide bonds. The summed E-state index contributed by atoms with van der Waals surface area (Å²) in [7, 11) is 0. The van der Waals surface area contributed by atoms with Crippen molar-refractivity contribution in [2.24, 2.45) is 0 Å². The van der Waals surface area contributed by atoms with Crippen molar-refractivity contribution in [1.82, 2.24) is 4.57 Å². The van der Waals surface area contributed by atoms with Gasteiger partial charge in [0, 0.05) is 29.1 Å². The van der Waals surface area contributed by atoms with Crippen molar-refractivity contribution in [2.45, 2.75) is 6.54 Å². The Bertz CT molecular complexity index is 1280. The second kappa shape index (κ2) is 6.39. The average Bonchev–Trinajstić information content (AvgIpc) is 3.16. The molecule has 4 rings (SSSR count). The highest BCUT2D eigenvalue weighted by atomic mass is 35.5. The molecular weight excluding hydrogens is 395 g/mol. The van der Waals surface area contributed by atoms with Crippen molar-refractivity contribution in [3.63, 3.8) is 0 Å². The molecule has 0 aliphatic carbocycles. The predicted molar refractivity (Wildman–Crippen MR) is 96.2 cm³/mol. The summed E-state index contributed by atoms with van der Waals surface area (Å²) in [5.74, 6) is -5.64. The number of carbonyl (C=O) groups is 1. The monoisotopic (exact) mass is 403 g/mol. The van der Waals surface area contributed by atoms with Crippen LogP contribution in [0.4, 0.5) is 19.0 Å². The minimum Gasteiger partial charge on any atom is -0.369 e. The highest BCUT2D eigenvalue weighted by molar-refractivity contribution is 6.30. The molecule has 0 bridgehead atoms. The SMILES string of the molecule is N#Cc1c(F)c(F)c2c(C(=O)c3ccc(Cl)cc3)c3n(c(=O)c2c1F)CCN3. The largest absolute Gasteiger partial charge is 0.369 e. The van der Waals surface area contributed by atoms with Crippen LogP contribution >= 0.6 is 11.6 Å². The Morgan fingerprint density at radius 2 is 1.79 bits per heavy atom. The van der Waals surface area contributed by atoms with Crippen LogP contribution in [0.15, 0.2) is 29.1 Å². The zero-order chi connectivity index (χ0) is 20.2. The van der Waals surface area contributed by atoms with Gasteiger partial charge >= 0.3 is 0 Å². The molecule has 0 fully saturated rings. The van der Waals surface area contributed by atoms with Gasteiger partial charge in [0.05, 0.1) is 10.9 Å². The maximum absolute atomic E-state index is 14.8. The van der Waals surface area contributed by atoms with Crippen molar-refractivity contribution in [2.75, 3.05) is 11.9 Å². The van der Waals surface area contributed by atoms with E-state index in [2.05, 4.69) is 5.32 Å². The summed E-state index contributed by atoms with van der Waals surface area (Å²) in [6.07, 6.45) is 0. The van der Waals surface area contributed by atoms with Crippen molar-refractivity contribution >= 4 is 34.0 Å². The fraction of sp³-hybridized carbons (Fsp3) is 0.105. The van der Waals surface area contributed by atoms with Gasteiger partial charge in [-0.3, -0.25) is 14.2 Å². The molecule has 3 aromatic rings. The molecule has 2 aromatic carbocycles. The third kappa shape index (κ3) is 2.40. The van der Waals surface area contributed by atoms with Crippen LogP contribution in [0.3, 0.4) is 0 Å². The molecule has 1 aliphatic heterocycles. The van der Waals surface area contributed by atoms with Gasteiger partial charge in [-0.25, -0.2) is 13.2 Å². The smallest absolute Gasteiger partial charge is 0.263 e. The summed E-state index contributed by atoms with van der Waals surface area (Å²) in [6, 6.07) is 6.85. The third-order valence-corrected chi connectivity index (χ3v) is 4.86. The van der Waals surface area contributed by atoms with Gasteiger partial charge in [-0.2, -0.15) is 5.26 Å². The number of fused-ring (bicyclic) bond motifs is 2. The van der Waals surface area contributed by atoms with Crippen LogP contribution in [0.25, 0.3) is 10.8 Å². The molecule has 1 aromatic heterocycles. The van der Waals surface area contributed by atoms with Crippen LogP contribution in [0.5, 0.6) is 0 Å². The summed E-state index contributed by atoms with van der Waals surface area (Å²) >= 11 is 5.81. The standard InChI is InChI=1S/C19H9ClF3N3O2/c20-9-3-1-8(2-4-9)17(27)13-11-12(19(28)26-6-5-25-18(13)26)14(21)10(7-24)15(22)16(11)23/h1-4,25H,5-6H2. The van der Waals surface area contributed by atoms with Crippen LogP contribution in [0.2, 0.25) is 5.02 Å². The van der Waals surface area contributed by atoms with E-state index in [1.165, 1.54) is 30.3 Å². The Hall–Kier alpha value is -3.31. The summed E-state index contributed by atoms with van der Waals surface area (Å²) in [5, 5.41) is 10.5. The van der Waals surface area contributed by atoms with Crippen LogP contribution in [0.1, 0.15) is 21.5 Å². The van der Waals surface area contributed by atoms with E-state index in [1.807, 2.05) is 0 Å². The third-order valence-electron chi connectivity index (χ3n) is 4.61. The molecule has 1 aliphatic rings. The maximum Gasteiger partial charge on any atom is 0.263 e. The number of hydrogen-bond donors (Lipinski definition) is 1. The topological polar surface area (TPSA) is 74.9 Å². The Labute approximate surface area is 160 Å². The number of rotatable bonds is 2. The van der Waals surface area contributed by atoms with Gasteiger partial charge in [0.15, 0.2) is 23.2 Å². The number of ketones is 1. The zero-order valence-corrected chi connectivity index (χ0v) is 14.7. The lowest BCUT2D eigenvalue weighted by molar-refractivity contribution is 0.104. The van der Waals surface area contributed by atoms with E-state index in [9.17, 15) is 22.8 Å². The molecule has 2 heterocycles. The molecule has 28 heavy (non-hydrogen) atoms. The summed E-state index contributed by atoms with van der Waals surface area (Å²) in [4.78, 5) is 25.8. The Morgan fingerprint density at radius 1 is 1.11 bits per heavy atom.